The molecule has 0 saturated carbocycles. The molecule has 112 valence electrons. The SMILES string of the molecule is CCCC(C)(C)NS(=O)(=O)c1cc(C(=O)O)ccc1Cl. The second-order valence-corrected chi connectivity index (χ2v) is 7.25. The molecule has 0 aliphatic rings. The fraction of sp³-hybridized carbons (Fsp3) is 0.462. The number of carboxylic acid groups (broad SMARTS) is 1. The number of rotatable bonds is 6. The quantitative estimate of drug-likeness (QED) is 0.844. The number of benzene rings is 1. The van der Waals surface area contributed by atoms with E-state index in [0.29, 0.717) is 6.42 Å². The number of aromatic carboxylic acids is 1. The third kappa shape index (κ3) is 4.19. The van der Waals surface area contributed by atoms with E-state index in [1.807, 2.05) is 6.92 Å². The van der Waals surface area contributed by atoms with E-state index in [2.05, 4.69) is 4.72 Å². The smallest absolute Gasteiger partial charge is 0.335 e. The maximum Gasteiger partial charge on any atom is 0.335 e. The summed E-state index contributed by atoms with van der Waals surface area (Å²) in [6.07, 6.45) is 1.47. The van der Waals surface area contributed by atoms with Crippen LogP contribution in [0.25, 0.3) is 0 Å². The Labute approximate surface area is 124 Å². The van der Waals surface area contributed by atoms with Crippen molar-refractivity contribution in [1.82, 2.24) is 4.72 Å². The van der Waals surface area contributed by atoms with Crippen LogP contribution in [0.2, 0.25) is 5.02 Å². The molecule has 1 aromatic rings. The van der Waals surface area contributed by atoms with Crippen LogP contribution >= 0.6 is 11.6 Å². The maximum absolute atomic E-state index is 12.3. The van der Waals surface area contributed by atoms with Gasteiger partial charge in [-0.3, -0.25) is 0 Å². The second kappa shape index (κ2) is 6.11. The van der Waals surface area contributed by atoms with Gasteiger partial charge in [0.15, 0.2) is 0 Å². The van der Waals surface area contributed by atoms with Crippen LogP contribution < -0.4 is 4.72 Å². The fourth-order valence-electron chi connectivity index (χ4n) is 1.94. The van der Waals surface area contributed by atoms with E-state index in [0.717, 1.165) is 12.5 Å². The van der Waals surface area contributed by atoms with Crippen molar-refractivity contribution in [3.05, 3.63) is 28.8 Å². The molecule has 0 atom stereocenters. The van der Waals surface area contributed by atoms with Crippen LogP contribution in [0.5, 0.6) is 0 Å². The molecule has 1 aromatic carbocycles. The molecule has 0 bridgehead atoms. The van der Waals surface area contributed by atoms with E-state index in [1.165, 1.54) is 12.1 Å². The molecule has 0 fully saturated rings. The summed E-state index contributed by atoms with van der Waals surface area (Å²) in [5.74, 6) is -1.20. The highest BCUT2D eigenvalue weighted by Gasteiger charge is 2.27. The first-order chi connectivity index (χ1) is 9.09. The first-order valence-corrected chi connectivity index (χ1v) is 8.02. The number of carboxylic acids is 1. The van der Waals surface area contributed by atoms with Crippen molar-refractivity contribution in [2.75, 3.05) is 0 Å². The predicted molar refractivity (Wildman–Crippen MR) is 77.7 cm³/mol. The summed E-state index contributed by atoms with van der Waals surface area (Å²) in [6, 6.07) is 3.60. The lowest BCUT2D eigenvalue weighted by molar-refractivity contribution is 0.0696. The number of sulfonamides is 1. The zero-order chi connectivity index (χ0) is 15.6. The fourth-order valence-corrected chi connectivity index (χ4v) is 3.91. The molecule has 0 saturated heterocycles. The predicted octanol–water partition coefficient (Wildman–Crippen LogP) is 2.90. The molecular formula is C13H18ClNO4S. The molecular weight excluding hydrogens is 302 g/mol. The van der Waals surface area contributed by atoms with Crippen molar-refractivity contribution in [2.24, 2.45) is 0 Å². The summed E-state index contributed by atoms with van der Waals surface area (Å²) in [6.45, 7) is 5.49. The monoisotopic (exact) mass is 319 g/mol. The van der Waals surface area contributed by atoms with Crippen LogP contribution in [0.3, 0.4) is 0 Å². The Kier molecular flexibility index (Phi) is 5.18. The summed E-state index contributed by atoms with van der Waals surface area (Å²) in [7, 11) is -3.87. The van der Waals surface area contributed by atoms with Gasteiger partial charge in [-0.1, -0.05) is 24.9 Å². The average molecular weight is 320 g/mol. The van der Waals surface area contributed by atoms with E-state index in [-0.39, 0.29) is 15.5 Å². The molecule has 7 heteroatoms. The average Bonchev–Trinajstić information content (AvgIpc) is 2.26. The number of hydrogen-bond donors (Lipinski definition) is 2. The van der Waals surface area contributed by atoms with Gasteiger partial charge < -0.3 is 5.11 Å². The van der Waals surface area contributed by atoms with E-state index in [4.69, 9.17) is 16.7 Å². The summed E-state index contributed by atoms with van der Waals surface area (Å²) in [5.41, 5.74) is -0.751. The molecule has 0 aromatic heterocycles. The molecule has 0 amide bonds. The lowest BCUT2D eigenvalue weighted by atomic mass is 10.0. The molecule has 2 N–H and O–H groups in total. The highest BCUT2D eigenvalue weighted by Crippen LogP contribution is 2.25. The number of carbonyl (C=O) groups is 1. The van der Waals surface area contributed by atoms with Crippen LogP contribution in [0.15, 0.2) is 23.1 Å². The van der Waals surface area contributed by atoms with Crippen molar-refractivity contribution < 1.29 is 18.3 Å². The summed E-state index contributed by atoms with van der Waals surface area (Å²) < 4.78 is 27.2. The highest BCUT2D eigenvalue weighted by molar-refractivity contribution is 7.89. The van der Waals surface area contributed by atoms with Gasteiger partial charge in [0.1, 0.15) is 4.90 Å². The Hall–Kier alpha value is -1.11. The van der Waals surface area contributed by atoms with Crippen molar-refractivity contribution in [1.29, 1.82) is 0 Å². The van der Waals surface area contributed by atoms with Crippen molar-refractivity contribution >= 4 is 27.6 Å². The van der Waals surface area contributed by atoms with E-state index in [9.17, 15) is 13.2 Å². The van der Waals surface area contributed by atoms with Crippen molar-refractivity contribution in [3.63, 3.8) is 0 Å². The first kappa shape index (κ1) is 16.9. The van der Waals surface area contributed by atoms with Gasteiger partial charge in [-0.2, -0.15) is 0 Å². The molecule has 0 spiro atoms. The molecule has 1 rings (SSSR count). The highest BCUT2D eigenvalue weighted by atomic mass is 35.5. The van der Waals surface area contributed by atoms with Crippen LogP contribution in [0.4, 0.5) is 0 Å². The Morgan fingerprint density at radius 2 is 2.00 bits per heavy atom. The molecule has 0 aliphatic heterocycles. The Balaban J connectivity index is 3.22. The van der Waals surface area contributed by atoms with Crippen molar-refractivity contribution in [2.45, 2.75) is 44.0 Å². The minimum absolute atomic E-state index is 0.00482. The van der Waals surface area contributed by atoms with Crippen LogP contribution in [-0.4, -0.2) is 25.0 Å². The van der Waals surface area contributed by atoms with Crippen molar-refractivity contribution in [3.8, 4) is 0 Å². The third-order valence-electron chi connectivity index (χ3n) is 2.75. The summed E-state index contributed by atoms with van der Waals surface area (Å²) in [5, 5.41) is 8.92. The van der Waals surface area contributed by atoms with Crippen LogP contribution in [0.1, 0.15) is 44.0 Å². The van der Waals surface area contributed by atoms with Gasteiger partial charge >= 0.3 is 5.97 Å². The van der Waals surface area contributed by atoms with Gasteiger partial charge in [-0.25, -0.2) is 17.9 Å². The Bertz CT molecular complexity index is 611. The second-order valence-electron chi connectivity index (χ2n) is 5.19. The third-order valence-corrected chi connectivity index (χ3v) is 4.93. The van der Waals surface area contributed by atoms with E-state index in [1.54, 1.807) is 13.8 Å². The minimum atomic E-state index is -3.87. The topological polar surface area (TPSA) is 83.5 Å². The molecule has 0 heterocycles. The zero-order valence-electron chi connectivity index (χ0n) is 11.6. The standard InChI is InChI=1S/C13H18ClNO4S/c1-4-7-13(2,3)15-20(18,19)11-8-9(12(16)17)5-6-10(11)14/h5-6,8,15H,4,7H2,1-3H3,(H,16,17). The van der Waals surface area contributed by atoms with Gasteiger partial charge in [-0.05, 0) is 38.5 Å². The number of nitrogens with one attached hydrogen (secondary N) is 1. The zero-order valence-corrected chi connectivity index (χ0v) is 13.2. The largest absolute Gasteiger partial charge is 0.478 e. The van der Waals surface area contributed by atoms with Crippen LogP contribution in [-0.2, 0) is 10.0 Å². The molecule has 0 aliphatic carbocycles. The van der Waals surface area contributed by atoms with E-state index < -0.39 is 21.5 Å². The molecule has 20 heavy (non-hydrogen) atoms. The normalized spacial score (nSPS) is 12.4. The van der Waals surface area contributed by atoms with Gasteiger partial charge in [-0.15, -0.1) is 0 Å². The van der Waals surface area contributed by atoms with Crippen LogP contribution in [0, 0.1) is 0 Å². The number of hydrogen-bond acceptors (Lipinski definition) is 3. The summed E-state index contributed by atoms with van der Waals surface area (Å²) >= 11 is 5.88. The van der Waals surface area contributed by atoms with Gasteiger partial charge in [0.25, 0.3) is 0 Å². The summed E-state index contributed by atoms with van der Waals surface area (Å²) in [4.78, 5) is 10.7. The molecule has 5 nitrogen and oxygen atoms in total. The lowest BCUT2D eigenvalue weighted by Gasteiger charge is -2.25. The lowest BCUT2D eigenvalue weighted by Crippen LogP contribution is -2.43. The molecule has 0 radical (unpaired) electrons. The number of halogens is 1. The van der Waals surface area contributed by atoms with E-state index >= 15 is 0 Å². The van der Waals surface area contributed by atoms with Gasteiger partial charge in [0.2, 0.25) is 10.0 Å². The minimum Gasteiger partial charge on any atom is -0.478 e. The molecule has 0 unspecified atom stereocenters. The first-order valence-electron chi connectivity index (χ1n) is 6.16. The van der Waals surface area contributed by atoms with Gasteiger partial charge in [0.05, 0.1) is 10.6 Å². The Morgan fingerprint density at radius 1 is 1.40 bits per heavy atom. The maximum atomic E-state index is 12.3. The Morgan fingerprint density at radius 3 is 2.50 bits per heavy atom. The van der Waals surface area contributed by atoms with Gasteiger partial charge in [0, 0.05) is 5.54 Å².